The van der Waals surface area contributed by atoms with Crippen molar-refractivity contribution >= 4 is 46.3 Å². The number of nitrogens with one attached hydrogen (secondary N) is 2. The van der Waals surface area contributed by atoms with Gasteiger partial charge in [-0.1, -0.05) is 0 Å². The highest BCUT2D eigenvalue weighted by Gasteiger charge is 2.12. The van der Waals surface area contributed by atoms with E-state index < -0.39 is 0 Å². The summed E-state index contributed by atoms with van der Waals surface area (Å²) in [6.45, 7) is 1.92. The fourth-order valence-electron chi connectivity index (χ4n) is 2.62. The summed E-state index contributed by atoms with van der Waals surface area (Å²) < 4.78 is 16.9. The van der Waals surface area contributed by atoms with Crippen molar-refractivity contribution in [1.29, 1.82) is 0 Å². The Morgan fingerprint density at radius 3 is 2.20 bits per heavy atom. The van der Waals surface area contributed by atoms with E-state index in [0.717, 1.165) is 14.8 Å². The molecule has 2 N–H and O–H groups in total. The largest absolute Gasteiger partial charge is 0.493 e. The molecule has 0 saturated carbocycles. The molecule has 2 amide bonds. The molecule has 0 heterocycles. The van der Waals surface area contributed by atoms with Gasteiger partial charge in [-0.05, 0) is 65.4 Å². The van der Waals surface area contributed by atoms with Crippen LogP contribution in [0.25, 0.3) is 0 Å². The lowest BCUT2D eigenvalue weighted by molar-refractivity contribution is -0.124. The van der Waals surface area contributed by atoms with E-state index in [1.54, 1.807) is 12.1 Å². The van der Waals surface area contributed by atoms with E-state index >= 15 is 0 Å². The van der Waals surface area contributed by atoms with Gasteiger partial charge in [-0.25, -0.2) is 5.43 Å². The first kappa shape index (κ1) is 23.5. The number of ether oxygens (including phenoxy) is 3. The summed E-state index contributed by atoms with van der Waals surface area (Å²) in [6, 6.07) is 9.13. The Bertz CT molecular complexity index is 921. The zero-order chi connectivity index (χ0) is 22.1. The summed E-state index contributed by atoms with van der Waals surface area (Å²) in [6.07, 6.45) is 1.52. The molecule has 0 spiro atoms. The minimum atomic E-state index is -0.367. The molecule has 8 nitrogen and oxygen atoms in total. The molecule has 30 heavy (non-hydrogen) atoms. The second-order valence-corrected chi connectivity index (χ2v) is 7.50. The van der Waals surface area contributed by atoms with Crippen LogP contribution in [-0.4, -0.2) is 39.4 Å². The zero-order valence-electron chi connectivity index (χ0n) is 17.2. The number of carbonyl (C=O) groups is 2. The Kier molecular flexibility index (Phi) is 8.90. The quantitative estimate of drug-likeness (QED) is 0.297. The first-order valence-electron chi connectivity index (χ1n) is 9.05. The Hall–Kier alpha value is -2.82. The lowest BCUT2D eigenvalue weighted by atomic mass is 10.2. The normalized spacial score (nSPS) is 10.6. The summed E-state index contributed by atoms with van der Waals surface area (Å²) in [4.78, 5) is 24.1. The van der Waals surface area contributed by atoms with Crippen molar-refractivity contribution in [2.45, 2.75) is 19.8 Å². The number of methoxy groups -OCH3 is 3. The van der Waals surface area contributed by atoms with E-state index in [-0.39, 0.29) is 24.7 Å². The fraction of sp³-hybridized carbons (Fsp3) is 0.286. The monoisotopic (exact) mass is 525 g/mol. The van der Waals surface area contributed by atoms with Gasteiger partial charge < -0.3 is 19.5 Å². The minimum Gasteiger partial charge on any atom is -0.493 e. The maximum Gasteiger partial charge on any atom is 0.240 e. The third-order valence-electron chi connectivity index (χ3n) is 4.13. The molecule has 2 aromatic rings. The number of hydrogen-bond donors (Lipinski definition) is 2. The summed E-state index contributed by atoms with van der Waals surface area (Å²) in [5, 5.41) is 6.74. The number of amides is 2. The lowest BCUT2D eigenvalue weighted by Gasteiger charge is -2.12. The Morgan fingerprint density at radius 2 is 1.63 bits per heavy atom. The lowest BCUT2D eigenvalue weighted by Crippen LogP contribution is -2.20. The predicted molar refractivity (Wildman–Crippen MR) is 124 cm³/mol. The molecule has 0 aliphatic heterocycles. The highest BCUT2D eigenvalue weighted by atomic mass is 127. The summed E-state index contributed by atoms with van der Waals surface area (Å²) in [7, 11) is 4.55. The van der Waals surface area contributed by atoms with Gasteiger partial charge in [0, 0.05) is 27.7 Å². The van der Waals surface area contributed by atoms with Crippen molar-refractivity contribution in [2.24, 2.45) is 5.10 Å². The standard InChI is InChI=1S/C21H24IN3O5/c1-13-9-15(22)5-6-16(13)24-19(26)7-8-20(27)25-23-12-14-10-17(28-2)21(30-4)18(11-14)29-3/h5-6,9-12H,7-8H2,1-4H3,(H,24,26)(H,25,27)/b23-12-. The van der Waals surface area contributed by atoms with Crippen LogP contribution in [0.1, 0.15) is 24.0 Å². The van der Waals surface area contributed by atoms with E-state index in [0.29, 0.717) is 22.8 Å². The van der Waals surface area contributed by atoms with Gasteiger partial charge in [0.1, 0.15) is 0 Å². The number of halogens is 1. The van der Waals surface area contributed by atoms with Crippen LogP contribution in [0.5, 0.6) is 17.2 Å². The molecule has 0 saturated heterocycles. The number of anilines is 1. The number of hydrazone groups is 1. The minimum absolute atomic E-state index is 0.0157. The van der Waals surface area contributed by atoms with E-state index in [1.807, 2.05) is 25.1 Å². The molecule has 0 atom stereocenters. The SMILES string of the molecule is COc1cc(/C=N\NC(=O)CCC(=O)Nc2ccc(I)cc2C)cc(OC)c1OC. The molecule has 0 unspecified atom stereocenters. The molecule has 2 aromatic carbocycles. The number of carbonyl (C=O) groups excluding carboxylic acids is 2. The number of benzene rings is 2. The average Bonchev–Trinajstić information content (AvgIpc) is 2.73. The van der Waals surface area contributed by atoms with Gasteiger partial charge in [0.25, 0.3) is 0 Å². The molecule has 0 fully saturated rings. The smallest absolute Gasteiger partial charge is 0.240 e. The van der Waals surface area contributed by atoms with Crippen LogP contribution in [0, 0.1) is 10.5 Å². The molecule has 0 aliphatic rings. The van der Waals surface area contributed by atoms with Crippen molar-refractivity contribution in [1.82, 2.24) is 5.43 Å². The number of aryl methyl sites for hydroxylation is 1. The van der Waals surface area contributed by atoms with Crippen molar-refractivity contribution in [3.63, 3.8) is 0 Å². The van der Waals surface area contributed by atoms with Gasteiger partial charge >= 0.3 is 0 Å². The van der Waals surface area contributed by atoms with Crippen molar-refractivity contribution in [3.05, 3.63) is 45.0 Å². The predicted octanol–water partition coefficient (Wildman–Crippen LogP) is 3.49. The molecular formula is C21H24IN3O5. The number of rotatable bonds is 9. The summed E-state index contributed by atoms with van der Waals surface area (Å²) in [5.41, 5.74) is 4.76. The van der Waals surface area contributed by atoms with Crippen LogP contribution in [0.2, 0.25) is 0 Å². The second-order valence-electron chi connectivity index (χ2n) is 6.26. The highest BCUT2D eigenvalue weighted by Crippen LogP contribution is 2.37. The third-order valence-corrected chi connectivity index (χ3v) is 4.80. The Labute approximate surface area is 189 Å². The molecule has 9 heteroatoms. The first-order valence-corrected chi connectivity index (χ1v) is 10.1. The van der Waals surface area contributed by atoms with E-state index in [1.165, 1.54) is 27.5 Å². The molecule has 0 bridgehead atoms. The molecule has 160 valence electrons. The van der Waals surface area contributed by atoms with Crippen LogP contribution >= 0.6 is 22.6 Å². The van der Waals surface area contributed by atoms with Crippen LogP contribution < -0.4 is 25.0 Å². The average molecular weight is 525 g/mol. The molecular weight excluding hydrogens is 501 g/mol. The van der Waals surface area contributed by atoms with Gasteiger partial charge in [0.15, 0.2) is 11.5 Å². The maximum atomic E-state index is 12.1. The van der Waals surface area contributed by atoms with Gasteiger partial charge in [-0.15, -0.1) is 0 Å². The summed E-state index contributed by atoms with van der Waals surface area (Å²) >= 11 is 2.21. The first-order chi connectivity index (χ1) is 14.4. The fourth-order valence-corrected chi connectivity index (χ4v) is 3.26. The van der Waals surface area contributed by atoms with Gasteiger partial charge in [-0.2, -0.15) is 5.10 Å². The van der Waals surface area contributed by atoms with E-state index in [4.69, 9.17) is 14.2 Å². The second kappa shape index (κ2) is 11.4. The van der Waals surface area contributed by atoms with Crippen molar-refractivity contribution in [2.75, 3.05) is 26.6 Å². The molecule has 0 aliphatic carbocycles. The van der Waals surface area contributed by atoms with Gasteiger partial charge in [0.05, 0.1) is 27.5 Å². The zero-order valence-corrected chi connectivity index (χ0v) is 19.4. The number of hydrogen-bond acceptors (Lipinski definition) is 6. The maximum absolute atomic E-state index is 12.1. The van der Waals surface area contributed by atoms with E-state index in [9.17, 15) is 9.59 Å². The van der Waals surface area contributed by atoms with Crippen LogP contribution in [0.3, 0.4) is 0 Å². The van der Waals surface area contributed by atoms with Crippen LogP contribution in [0.15, 0.2) is 35.4 Å². The Balaban J connectivity index is 1.88. The number of nitrogens with zero attached hydrogens (tertiary/aromatic N) is 1. The van der Waals surface area contributed by atoms with Crippen molar-refractivity contribution < 1.29 is 23.8 Å². The van der Waals surface area contributed by atoms with Crippen molar-refractivity contribution in [3.8, 4) is 17.2 Å². The topological polar surface area (TPSA) is 98.2 Å². The summed E-state index contributed by atoms with van der Waals surface area (Å²) in [5.74, 6) is 0.825. The molecule has 0 radical (unpaired) electrons. The molecule has 0 aromatic heterocycles. The van der Waals surface area contributed by atoms with Gasteiger partial charge in [-0.3, -0.25) is 9.59 Å². The Morgan fingerprint density at radius 1 is 1.00 bits per heavy atom. The van der Waals surface area contributed by atoms with Gasteiger partial charge in [0.2, 0.25) is 17.6 Å². The molecule has 2 rings (SSSR count). The highest BCUT2D eigenvalue weighted by molar-refractivity contribution is 14.1. The third kappa shape index (κ3) is 6.61. The van der Waals surface area contributed by atoms with Crippen LogP contribution in [0.4, 0.5) is 5.69 Å². The van der Waals surface area contributed by atoms with E-state index in [2.05, 4.69) is 38.4 Å². The van der Waals surface area contributed by atoms with Crippen LogP contribution in [-0.2, 0) is 9.59 Å².